The van der Waals surface area contributed by atoms with Crippen molar-refractivity contribution in [2.24, 2.45) is 5.92 Å². The van der Waals surface area contributed by atoms with Crippen LogP contribution in [0.1, 0.15) is 40.3 Å². The molecule has 144 valence electrons. The summed E-state index contributed by atoms with van der Waals surface area (Å²) in [4.78, 5) is 32.3. The Morgan fingerprint density at radius 2 is 2.25 bits per heavy atom. The quantitative estimate of drug-likeness (QED) is 0.704. The number of nitrogens with zero attached hydrogens (tertiary/aromatic N) is 3. The highest BCUT2D eigenvalue weighted by atomic mass is 32.1. The molecule has 0 radical (unpaired) electrons. The molecule has 1 saturated carbocycles. The third-order valence-corrected chi connectivity index (χ3v) is 6.31. The highest BCUT2D eigenvalue weighted by Gasteiger charge is 2.29. The number of carbonyl (C=O) groups excluding carboxylic acids is 2. The Labute approximate surface area is 165 Å². The van der Waals surface area contributed by atoms with E-state index in [1.165, 1.54) is 11.3 Å². The first-order valence-corrected chi connectivity index (χ1v) is 10.2. The van der Waals surface area contributed by atoms with E-state index in [-0.39, 0.29) is 17.7 Å². The summed E-state index contributed by atoms with van der Waals surface area (Å²) in [6.07, 6.45) is 5.30. The van der Waals surface area contributed by atoms with Crippen molar-refractivity contribution in [2.75, 3.05) is 11.9 Å². The number of aromatic amines is 1. The second kappa shape index (κ2) is 6.90. The average molecular weight is 397 g/mol. The molecule has 5 rings (SSSR count). The van der Waals surface area contributed by atoms with E-state index in [1.807, 2.05) is 6.07 Å². The third-order valence-electron chi connectivity index (χ3n) is 5.31. The van der Waals surface area contributed by atoms with Gasteiger partial charge in [-0.1, -0.05) is 17.8 Å². The van der Waals surface area contributed by atoms with E-state index >= 15 is 0 Å². The molecule has 4 heterocycles. The van der Waals surface area contributed by atoms with Crippen LogP contribution in [0.3, 0.4) is 0 Å². The summed E-state index contributed by atoms with van der Waals surface area (Å²) in [5, 5.41) is 10.6. The summed E-state index contributed by atoms with van der Waals surface area (Å²) in [5.74, 6) is 0.698. The van der Waals surface area contributed by atoms with E-state index in [0.29, 0.717) is 41.8 Å². The number of hydrogen-bond acceptors (Lipinski definition) is 6. The molecule has 1 aliphatic carbocycles. The molecule has 1 fully saturated rings. The monoisotopic (exact) mass is 397 g/mol. The lowest BCUT2D eigenvalue weighted by Gasteiger charge is -2.25. The Morgan fingerprint density at radius 1 is 1.36 bits per heavy atom. The van der Waals surface area contributed by atoms with Gasteiger partial charge in [-0.25, -0.2) is 4.98 Å². The Hall–Kier alpha value is -2.94. The van der Waals surface area contributed by atoms with E-state index in [1.54, 1.807) is 23.3 Å². The van der Waals surface area contributed by atoms with Gasteiger partial charge < -0.3 is 14.6 Å². The second-order valence-electron chi connectivity index (χ2n) is 7.13. The summed E-state index contributed by atoms with van der Waals surface area (Å²) in [6, 6.07) is 5.30. The van der Waals surface area contributed by atoms with Crippen LogP contribution >= 0.6 is 11.3 Å². The van der Waals surface area contributed by atoms with Crippen LogP contribution in [0, 0.1) is 5.92 Å². The van der Waals surface area contributed by atoms with Crippen molar-refractivity contribution >= 4 is 28.3 Å². The fourth-order valence-electron chi connectivity index (χ4n) is 3.45. The summed E-state index contributed by atoms with van der Waals surface area (Å²) in [7, 11) is 0. The van der Waals surface area contributed by atoms with Crippen LogP contribution in [-0.2, 0) is 17.8 Å². The van der Waals surface area contributed by atoms with Crippen LogP contribution in [0.15, 0.2) is 28.9 Å². The zero-order chi connectivity index (χ0) is 19.1. The number of H-pyrrole nitrogens is 1. The summed E-state index contributed by atoms with van der Waals surface area (Å²) < 4.78 is 5.33. The molecule has 3 aromatic heterocycles. The summed E-state index contributed by atoms with van der Waals surface area (Å²) in [5.41, 5.74) is 2.00. The first kappa shape index (κ1) is 17.2. The van der Waals surface area contributed by atoms with Crippen molar-refractivity contribution in [2.45, 2.75) is 32.2 Å². The largest absolute Gasteiger partial charge is 0.463 e. The average Bonchev–Trinajstić information content (AvgIpc) is 3.37. The number of fused-ring (bicyclic) bond motifs is 1. The number of hydrogen-bond donors (Lipinski definition) is 2. The Balaban J connectivity index is 1.27. The lowest BCUT2D eigenvalue weighted by atomic mass is 9.85. The lowest BCUT2D eigenvalue weighted by Crippen LogP contribution is -2.35. The van der Waals surface area contributed by atoms with Gasteiger partial charge in [0.15, 0.2) is 16.6 Å². The van der Waals surface area contributed by atoms with Crippen molar-refractivity contribution in [3.8, 4) is 11.5 Å². The maximum Gasteiger partial charge on any atom is 0.274 e. The van der Waals surface area contributed by atoms with Gasteiger partial charge in [-0.15, -0.1) is 0 Å². The number of rotatable bonds is 4. The molecule has 0 bridgehead atoms. The Bertz CT molecular complexity index is 1020. The SMILES string of the molecule is O=C(Nc1nc2c(s1)CN(C(=O)c1cc(-c3ccco3)[nH]n1)CC2)C1CCC1. The normalized spacial score (nSPS) is 16.5. The van der Waals surface area contributed by atoms with Crippen LogP contribution in [0.5, 0.6) is 0 Å². The van der Waals surface area contributed by atoms with Gasteiger partial charge in [-0.3, -0.25) is 14.7 Å². The smallest absolute Gasteiger partial charge is 0.274 e. The van der Waals surface area contributed by atoms with Crippen LogP contribution in [0.25, 0.3) is 11.5 Å². The predicted molar refractivity (Wildman–Crippen MR) is 103 cm³/mol. The fraction of sp³-hybridized carbons (Fsp3) is 0.368. The van der Waals surface area contributed by atoms with Gasteiger partial charge in [0.2, 0.25) is 5.91 Å². The topological polar surface area (TPSA) is 104 Å². The molecule has 0 spiro atoms. The number of nitrogens with one attached hydrogen (secondary N) is 2. The van der Waals surface area contributed by atoms with Crippen LogP contribution in [0.4, 0.5) is 5.13 Å². The molecule has 9 heteroatoms. The number of amides is 2. The molecule has 2 aliphatic rings. The number of carbonyl (C=O) groups is 2. The number of thiazole rings is 1. The number of anilines is 1. The first-order chi connectivity index (χ1) is 13.7. The Kier molecular flexibility index (Phi) is 4.23. The first-order valence-electron chi connectivity index (χ1n) is 9.35. The van der Waals surface area contributed by atoms with Crippen molar-refractivity contribution in [1.29, 1.82) is 0 Å². The molecule has 2 N–H and O–H groups in total. The molecule has 0 unspecified atom stereocenters. The molecule has 0 saturated heterocycles. The molecule has 0 aromatic carbocycles. The van der Waals surface area contributed by atoms with Gasteiger partial charge in [0.1, 0.15) is 5.69 Å². The molecule has 1 aliphatic heterocycles. The van der Waals surface area contributed by atoms with Gasteiger partial charge in [-0.05, 0) is 25.0 Å². The van der Waals surface area contributed by atoms with Gasteiger partial charge in [0, 0.05) is 29.8 Å². The number of furan rings is 1. The third kappa shape index (κ3) is 3.11. The molecular weight excluding hydrogens is 378 g/mol. The van der Waals surface area contributed by atoms with Gasteiger partial charge in [0.25, 0.3) is 5.91 Å². The maximum absolute atomic E-state index is 12.8. The lowest BCUT2D eigenvalue weighted by molar-refractivity contribution is -0.122. The molecule has 0 atom stereocenters. The zero-order valence-corrected chi connectivity index (χ0v) is 15.9. The van der Waals surface area contributed by atoms with E-state index in [2.05, 4.69) is 20.5 Å². The van der Waals surface area contributed by atoms with Crippen molar-refractivity contribution in [3.63, 3.8) is 0 Å². The zero-order valence-electron chi connectivity index (χ0n) is 15.1. The maximum atomic E-state index is 12.8. The van der Waals surface area contributed by atoms with Gasteiger partial charge in [0.05, 0.1) is 18.5 Å². The second-order valence-corrected chi connectivity index (χ2v) is 8.21. The molecular formula is C19H19N5O3S. The highest BCUT2D eigenvalue weighted by Crippen LogP contribution is 2.32. The van der Waals surface area contributed by atoms with Crippen LogP contribution < -0.4 is 5.32 Å². The summed E-state index contributed by atoms with van der Waals surface area (Å²) >= 11 is 1.46. The van der Waals surface area contributed by atoms with Crippen molar-refractivity contribution in [1.82, 2.24) is 20.1 Å². The van der Waals surface area contributed by atoms with Crippen molar-refractivity contribution in [3.05, 3.63) is 40.7 Å². The minimum atomic E-state index is -0.131. The molecule has 2 amide bonds. The standard InChI is InChI=1S/C19H19N5O3S/c25-17(11-3-1-4-11)21-19-20-12-6-7-24(10-16(12)28-19)18(26)14-9-13(22-23-14)15-5-2-8-27-15/h2,5,8-9,11H,1,3-4,6-7,10H2,(H,22,23)(H,20,21,25). The fourth-order valence-corrected chi connectivity index (χ4v) is 4.48. The van der Waals surface area contributed by atoms with Gasteiger partial charge in [-0.2, -0.15) is 5.10 Å². The van der Waals surface area contributed by atoms with Gasteiger partial charge >= 0.3 is 0 Å². The molecule has 3 aromatic rings. The summed E-state index contributed by atoms with van der Waals surface area (Å²) in [6.45, 7) is 1.06. The molecule has 8 nitrogen and oxygen atoms in total. The van der Waals surface area contributed by atoms with E-state index < -0.39 is 0 Å². The van der Waals surface area contributed by atoms with Crippen LogP contribution in [-0.4, -0.2) is 38.4 Å². The predicted octanol–water partition coefficient (Wildman–Crippen LogP) is 3.06. The van der Waals surface area contributed by atoms with E-state index in [9.17, 15) is 9.59 Å². The minimum Gasteiger partial charge on any atom is -0.463 e. The number of aromatic nitrogens is 3. The van der Waals surface area contributed by atoms with Crippen molar-refractivity contribution < 1.29 is 14.0 Å². The molecule has 28 heavy (non-hydrogen) atoms. The highest BCUT2D eigenvalue weighted by molar-refractivity contribution is 7.15. The Morgan fingerprint density at radius 3 is 3.00 bits per heavy atom. The van der Waals surface area contributed by atoms with Crippen LogP contribution in [0.2, 0.25) is 0 Å². The minimum absolute atomic E-state index is 0.0623. The van der Waals surface area contributed by atoms with E-state index in [4.69, 9.17) is 4.42 Å². The van der Waals surface area contributed by atoms with E-state index in [0.717, 1.165) is 29.8 Å².